The number of ether oxygens (including phenoxy) is 1. The Hall–Kier alpha value is -0.120. The Morgan fingerprint density at radius 3 is 2.50 bits per heavy atom. The van der Waals surface area contributed by atoms with E-state index in [9.17, 15) is 0 Å². The molecule has 18 heavy (non-hydrogen) atoms. The summed E-state index contributed by atoms with van der Waals surface area (Å²) in [5.41, 5.74) is 6.27. The topological polar surface area (TPSA) is 47.3 Å². The normalized spacial score (nSPS) is 21.2. The van der Waals surface area contributed by atoms with Crippen molar-refractivity contribution in [2.45, 2.75) is 46.5 Å². The van der Waals surface area contributed by atoms with Gasteiger partial charge in [0.15, 0.2) is 0 Å². The van der Waals surface area contributed by atoms with Crippen molar-refractivity contribution in [2.24, 2.45) is 23.0 Å². The zero-order chi connectivity index (χ0) is 13.4. The Bertz CT molecular complexity index is 213. The second-order valence-corrected chi connectivity index (χ2v) is 6.62. The molecule has 1 fully saturated rings. The molecule has 0 spiro atoms. The van der Waals surface area contributed by atoms with Crippen LogP contribution < -0.4 is 11.1 Å². The molecule has 1 aliphatic heterocycles. The summed E-state index contributed by atoms with van der Waals surface area (Å²) < 4.78 is 5.43. The molecule has 0 saturated carbocycles. The predicted octanol–water partition coefficient (Wildman–Crippen LogP) is 2.40. The van der Waals surface area contributed by atoms with E-state index in [0.29, 0.717) is 11.3 Å². The van der Waals surface area contributed by atoms with Crippen LogP contribution in [-0.2, 0) is 4.74 Å². The van der Waals surface area contributed by atoms with Crippen molar-refractivity contribution in [3.05, 3.63) is 0 Å². The van der Waals surface area contributed by atoms with E-state index in [1.54, 1.807) is 0 Å². The maximum atomic E-state index is 5.83. The molecule has 0 unspecified atom stereocenters. The van der Waals surface area contributed by atoms with Gasteiger partial charge in [-0.2, -0.15) is 0 Å². The maximum Gasteiger partial charge on any atom is 0.0471 e. The molecule has 1 atom stereocenters. The minimum atomic E-state index is 0.439. The van der Waals surface area contributed by atoms with Gasteiger partial charge < -0.3 is 15.8 Å². The van der Waals surface area contributed by atoms with Gasteiger partial charge in [0, 0.05) is 19.8 Å². The molecule has 0 radical (unpaired) electrons. The van der Waals surface area contributed by atoms with Crippen LogP contribution in [0.1, 0.15) is 46.5 Å². The summed E-state index contributed by atoms with van der Waals surface area (Å²) in [5.74, 6) is 1.44. The Kier molecular flexibility index (Phi) is 7.20. The monoisotopic (exact) mass is 256 g/mol. The quantitative estimate of drug-likeness (QED) is 0.656. The number of nitrogens with two attached hydrogens (primary N) is 1. The van der Waals surface area contributed by atoms with E-state index < -0.39 is 0 Å². The van der Waals surface area contributed by atoms with E-state index >= 15 is 0 Å². The highest BCUT2D eigenvalue weighted by molar-refractivity contribution is 4.79. The van der Waals surface area contributed by atoms with Gasteiger partial charge in [0.25, 0.3) is 0 Å². The smallest absolute Gasteiger partial charge is 0.0471 e. The molecule has 1 heterocycles. The number of hydrogen-bond donors (Lipinski definition) is 2. The van der Waals surface area contributed by atoms with Crippen LogP contribution in [0.15, 0.2) is 0 Å². The molecule has 3 N–H and O–H groups in total. The molecule has 108 valence electrons. The van der Waals surface area contributed by atoms with Gasteiger partial charge in [0.05, 0.1) is 0 Å². The molecule has 0 aromatic heterocycles. The third-order valence-corrected chi connectivity index (χ3v) is 4.12. The van der Waals surface area contributed by atoms with Crippen molar-refractivity contribution in [3.8, 4) is 0 Å². The molecule has 1 saturated heterocycles. The maximum absolute atomic E-state index is 5.83. The lowest BCUT2D eigenvalue weighted by atomic mass is 9.82. The second-order valence-electron chi connectivity index (χ2n) is 6.62. The van der Waals surface area contributed by atoms with Gasteiger partial charge in [-0.1, -0.05) is 20.8 Å². The Balaban J connectivity index is 2.13. The van der Waals surface area contributed by atoms with Crippen LogP contribution in [0.5, 0.6) is 0 Å². The lowest BCUT2D eigenvalue weighted by molar-refractivity contribution is 0.0240. The van der Waals surface area contributed by atoms with Crippen molar-refractivity contribution in [3.63, 3.8) is 0 Å². The molecule has 1 aliphatic rings. The summed E-state index contributed by atoms with van der Waals surface area (Å²) in [7, 11) is 0. The molecular weight excluding hydrogens is 224 g/mol. The van der Waals surface area contributed by atoms with Crippen LogP contribution in [0.25, 0.3) is 0 Å². The van der Waals surface area contributed by atoms with Crippen molar-refractivity contribution >= 4 is 0 Å². The fourth-order valence-electron chi connectivity index (χ4n) is 2.74. The minimum absolute atomic E-state index is 0.439. The van der Waals surface area contributed by atoms with Gasteiger partial charge >= 0.3 is 0 Å². The van der Waals surface area contributed by atoms with Crippen LogP contribution in [0.2, 0.25) is 0 Å². The van der Waals surface area contributed by atoms with Crippen molar-refractivity contribution in [2.75, 3.05) is 32.8 Å². The third-order valence-electron chi connectivity index (χ3n) is 4.12. The first kappa shape index (κ1) is 15.9. The SMILES string of the molecule is CC(C)C[C@H](CN)CCNCC1(C)CCOCC1. The van der Waals surface area contributed by atoms with E-state index in [1.807, 2.05) is 0 Å². The van der Waals surface area contributed by atoms with Crippen LogP contribution in [0.4, 0.5) is 0 Å². The standard InChI is InChI=1S/C15H32N2O/c1-13(2)10-14(11-16)4-7-17-12-15(3)5-8-18-9-6-15/h13-14,17H,4-12,16H2,1-3H3/t14-/m1/s1. The molecule has 3 heteroatoms. The first-order chi connectivity index (χ1) is 8.56. The number of nitrogens with one attached hydrogen (secondary N) is 1. The highest BCUT2D eigenvalue weighted by Gasteiger charge is 2.26. The lowest BCUT2D eigenvalue weighted by Gasteiger charge is -2.34. The molecule has 0 aromatic rings. The zero-order valence-corrected chi connectivity index (χ0v) is 12.5. The highest BCUT2D eigenvalue weighted by atomic mass is 16.5. The predicted molar refractivity (Wildman–Crippen MR) is 77.6 cm³/mol. The summed E-state index contributed by atoms with van der Waals surface area (Å²) in [6.07, 6.45) is 4.84. The highest BCUT2D eigenvalue weighted by Crippen LogP contribution is 2.28. The average Bonchev–Trinajstić information content (AvgIpc) is 2.33. The molecular formula is C15H32N2O. The Morgan fingerprint density at radius 1 is 1.28 bits per heavy atom. The first-order valence-electron chi connectivity index (χ1n) is 7.54. The second kappa shape index (κ2) is 8.13. The Morgan fingerprint density at radius 2 is 1.94 bits per heavy atom. The van der Waals surface area contributed by atoms with E-state index in [1.165, 1.54) is 25.7 Å². The summed E-state index contributed by atoms with van der Waals surface area (Å²) in [6, 6.07) is 0. The Labute approximate surface area is 113 Å². The lowest BCUT2D eigenvalue weighted by Crippen LogP contribution is -2.37. The first-order valence-corrected chi connectivity index (χ1v) is 7.54. The van der Waals surface area contributed by atoms with Gasteiger partial charge in [-0.05, 0) is 56.0 Å². The molecule has 0 amide bonds. The van der Waals surface area contributed by atoms with Gasteiger partial charge in [-0.25, -0.2) is 0 Å². The molecule has 3 nitrogen and oxygen atoms in total. The van der Waals surface area contributed by atoms with Crippen LogP contribution >= 0.6 is 0 Å². The van der Waals surface area contributed by atoms with Crippen LogP contribution in [0.3, 0.4) is 0 Å². The van der Waals surface area contributed by atoms with E-state index in [-0.39, 0.29) is 0 Å². The van der Waals surface area contributed by atoms with Crippen molar-refractivity contribution < 1.29 is 4.74 Å². The minimum Gasteiger partial charge on any atom is -0.381 e. The van der Waals surface area contributed by atoms with Gasteiger partial charge in [-0.15, -0.1) is 0 Å². The summed E-state index contributed by atoms with van der Waals surface area (Å²) in [4.78, 5) is 0. The average molecular weight is 256 g/mol. The van der Waals surface area contributed by atoms with Gasteiger partial charge in [-0.3, -0.25) is 0 Å². The van der Waals surface area contributed by atoms with Gasteiger partial charge in [0.1, 0.15) is 0 Å². The molecule has 0 bridgehead atoms. The van der Waals surface area contributed by atoms with Crippen LogP contribution in [-0.4, -0.2) is 32.8 Å². The van der Waals surface area contributed by atoms with E-state index in [2.05, 4.69) is 26.1 Å². The van der Waals surface area contributed by atoms with Crippen molar-refractivity contribution in [1.29, 1.82) is 0 Å². The third kappa shape index (κ3) is 6.17. The van der Waals surface area contributed by atoms with Crippen molar-refractivity contribution in [1.82, 2.24) is 5.32 Å². The van der Waals surface area contributed by atoms with E-state index in [0.717, 1.165) is 38.8 Å². The largest absolute Gasteiger partial charge is 0.381 e. The molecule has 0 aliphatic carbocycles. The molecule has 0 aromatic carbocycles. The van der Waals surface area contributed by atoms with Gasteiger partial charge in [0.2, 0.25) is 0 Å². The van der Waals surface area contributed by atoms with Crippen LogP contribution in [0, 0.1) is 17.3 Å². The fourth-order valence-corrected chi connectivity index (χ4v) is 2.74. The number of rotatable bonds is 8. The number of hydrogen-bond acceptors (Lipinski definition) is 3. The summed E-state index contributed by atoms with van der Waals surface area (Å²) >= 11 is 0. The fraction of sp³-hybridized carbons (Fsp3) is 1.00. The molecule has 1 rings (SSSR count). The summed E-state index contributed by atoms with van der Waals surface area (Å²) in [5, 5.41) is 3.62. The zero-order valence-electron chi connectivity index (χ0n) is 12.5. The van der Waals surface area contributed by atoms with E-state index in [4.69, 9.17) is 10.5 Å². The summed E-state index contributed by atoms with van der Waals surface area (Å²) in [6.45, 7) is 11.8.